The molecule has 0 saturated carbocycles. The van der Waals surface area contributed by atoms with E-state index in [9.17, 15) is 0 Å². The number of thioether (sulfide) groups is 1. The van der Waals surface area contributed by atoms with Gasteiger partial charge < -0.3 is 9.88 Å². The molecule has 0 radical (unpaired) electrons. The molecule has 1 aromatic heterocycles. The van der Waals surface area contributed by atoms with Crippen molar-refractivity contribution in [1.82, 2.24) is 20.1 Å². The highest BCUT2D eigenvalue weighted by atomic mass is 32.2. The molecule has 1 aromatic rings. The smallest absolute Gasteiger partial charge is 0.189 e. The zero-order chi connectivity index (χ0) is 12.4. The lowest BCUT2D eigenvalue weighted by Gasteiger charge is -2.21. The zero-order valence-corrected chi connectivity index (χ0v) is 11.2. The van der Waals surface area contributed by atoms with E-state index in [0.29, 0.717) is 0 Å². The summed E-state index contributed by atoms with van der Waals surface area (Å²) in [6.45, 7) is 9.61. The molecule has 0 aromatic carbocycles. The number of rotatable bonds is 2. The van der Waals surface area contributed by atoms with E-state index in [1.165, 1.54) is 0 Å². The summed E-state index contributed by atoms with van der Waals surface area (Å²) in [6.07, 6.45) is 1.99. The highest BCUT2D eigenvalue weighted by molar-refractivity contribution is 8.13. The molecular formula is C11H17N5S. The average Bonchev–Trinajstić information content (AvgIpc) is 2.71. The Balaban J connectivity index is 2.43. The van der Waals surface area contributed by atoms with Gasteiger partial charge in [0.05, 0.1) is 6.04 Å². The number of allylic oxidation sites excluding steroid dienone is 1. The van der Waals surface area contributed by atoms with Crippen molar-refractivity contribution < 1.29 is 0 Å². The lowest BCUT2D eigenvalue weighted by Crippen LogP contribution is -2.33. The third-order valence-corrected chi connectivity index (χ3v) is 3.29. The van der Waals surface area contributed by atoms with Crippen molar-refractivity contribution in [3.05, 3.63) is 23.9 Å². The van der Waals surface area contributed by atoms with Gasteiger partial charge in [-0.1, -0.05) is 6.58 Å². The summed E-state index contributed by atoms with van der Waals surface area (Å²) in [6, 6.07) is 0.248. The van der Waals surface area contributed by atoms with Crippen LogP contribution in [0.2, 0.25) is 0 Å². The minimum atomic E-state index is 0.248. The number of aliphatic imine (C=N–C) groups is 1. The van der Waals surface area contributed by atoms with Gasteiger partial charge in [0.25, 0.3) is 0 Å². The van der Waals surface area contributed by atoms with Gasteiger partial charge in [0, 0.05) is 18.8 Å². The first-order chi connectivity index (χ1) is 8.13. The molecule has 0 saturated heterocycles. The Kier molecular flexibility index (Phi) is 3.63. The van der Waals surface area contributed by atoms with Gasteiger partial charge in [-0.25, -0.2) is 4.99 Å². The van der Waals surface area contributed by atoms with Crippen LogP contribution in [0.25, 0.3) is 0 Å². The summed E-state index contributed by atoms with van der Waals surface area (Å²) >= 11 is 1.58. The molecule has 0 fully saturated rings. The number of hydrogen-bond donors (Lipinski definition) is 1. The topological polar surface area (TPSA) is 55.1 Å². The third-order valence-electron chi connectivity index (χ3n) is 2.63. The molecule has 5 nitrogen and oxygen atoms in total. The van der Waals surface area contributed by atoms with Gasteiger partial charge in [-0.15, -0.1) is 22.0 Å². The number of aromatic nitrogens is 3. The van der Waals surface area contributed by atoms with E-state index in [4.69, 9.17) is 0 Å². The second-order valence-corrected chi connectivity index (χ2v) is 4.86. The van der Waals surface area contributed by atoms with Crippen LogP contribution >= 0.6 is 11.8 Å². The van der Waals surface area contributed by atoms with Gasteiger partial charge in [-0.3, -0.25) is 0 Å². The van der Waals surface area contributed by atoms with Gasteiger partial charge >= 0.3 is 0 Å². The summed E-state index contributed by atoms with van der Waals surface area (Å²) in [7, 11) is 0. The summed E-state index contributed by atoms with van der Waals surface area (Å²) in [5.41, 5.74) is 0.786. The van der Waals surface area contributed by atoms with Gasteiger partial charge in [0.2, 0.25) is 0 Å². The van der Waals surface area contributed by atoms with Crippen molar-refractivity contribution in [2.24, 2.45) is 4.99 Å². The van der Waals surface area contributed by atoms with Crippen molar-refractivity contribution in [1.29, 1.82) is 0 Å². The van der Waals surface area contributed by atoms with E-state index in [1.807, 2.05) is 13.2 Å². The van der Waals surface area contributed by atoms with Crippen molar-refractivity contribution in [3.8, 4) is 0 Å². The molecule has 1 aliphatic heterocycles. The van der Waals surface area contributed by atoms with E-state index in [-0.39, 0.29) is 6.04 Å². The first-order valence-electron chi connectivity index (χ1n) is 5.58. The highest BCUT2D eigenvalue weighted by Gasteiger charge is 2.23. The van der Waals surface area contributed by atoms with Gasteiger partial charge in [0.1, 0.15) is 10.9 Å². The fourth-order valence-corrected chi connectivity index (χ4v) is 2.44. The second kappa shape index (κ2) is 5.01. The number of hydrogen-bond acceptors (Lipinski definition) is 5. The summed E-state index contributed by atoms with van der Waals surface area (Å²) < 4.78 is 2.14. The molecular weight excluding hydrogens is 234 g/mol. The Bertz CT molecular complexity index is 462. The predicted molar refractivity (Wildman–Crippen MR) is 71.3 cm³/mol. The molecule has 0 unspecified atom stereocenters. The maximum atomic E-state index is 4.41. The van der Waals surface area contributed by atoms with Gasteiger partial charge in [-0.05, 0) is 20.1 Å². The van der Waals surface area contributed by atoms with E-state index in [2.05, 4.69) is 38.6 Å². The lowest BCUT2D eigenvalue weighted by atomic mass is 10.2. The molecule has 6 heteroatoms. The summed E-state index contributed by atoms with van der Waals surface area (Å²) in [4.78, 5) is 4.41. The van der Waals surface area contributed by atoms with E-state index in [1.54, 1.807) is 11.8 Å². The molecule has 0 bridgehead atoms. The van der Waals surface area contributed by atoms with Crippen molar-refractivity contribution in [3.63, 3.8) is 0 Å². The molecule has 2 rings (SSSR count). The number of fused-ring (bicyclic) bond motifs is 1. The molecule has 92 valence electrons. The largest absolute Gasteiger partial charge is 0.307 e. The Labute approximate surface area is 105 Å². The maximum absolute atomic E-state index is 4.41. The van der Waals surface area contributed by atoms with Crippen LogP contribution in [0.5, 0.6) is 0 Å². The monoisotopic (exact) mass is 251 g/mol. The Hall–Kier alpha value is -1.14. The molecule has 1 aliphatic rings. The van der Waals surface area contributed by atoms with Crippen LogP contribution in [-0.2, 0) is 6.54 Å². The maximum Gasteiger partial charge on any atom is 0.189 e. The quantitative estimate of drug-likeness (QED) is 0.640. The standard InChI is InChI=1S/C11H17N5S/c1-7(2)13-11(17-4)10-15-14-9-8(3)12-5-6-16(9)10/h8,12H,1,5-6H2,2-4H3/t8-/m0/s1. The van der Waals surface area contributed by atoms with Crippen LogP contribution in [0.3, 0.4) is 0 Å². The Morgan fingerprint density at radius 1 is 1.59 bits per heavy atom. The van der Waals surface area contributed by atoms with Crippen molar-refractivity contribution >= 4 is 16.8 Å². The van der Waals surface area contributed by atoms with E-state index >= 15 is 0 Å². The minimum absolute atomic E-state index is 0.248. The van der Waals surface area contributed by atoms with Crippen LogP contribution in [0.1, 0.15) is 31.5 Å². The SMILES string of the molecule is C=C(C)N=C(SC)c1nnc2n1CCN[C@H]2C. The molecule has 0 aliphatic carbocycles. The molecule has 0 spiro atoms. The van der Waals surface area contributed by atoms with E-state index in [0.717, 1.165) is 35.5 Å². The van der Waals surface area contributed by atoms with E-state index < -0.39 is 0 Å². The summed E-state index contributed by atoms with van der Waals surface area (Å²) in [5, 5.41) is 12.7. The Morgan fingerprint density at radius 2 is 2.35 bits per heavy atom. The van der Waals surface area contributed by atoms with Crippen LogP contribution in [-0.4, -0.2) is 32.6 Å². The van der Waals surface area contributed by atoms with Crippen LogP contribution in [0, 0.1) is 0 Å². The first-order valence-corrected chi connectivity index (χ1v) is 6.81. The van der Waals surface area contributed by atoms with Crippen LogP contribution in [0.4, 0.5) is 0 Å². The fourth-order valence-electron chi connectivity index (χ4n) is 1.86. The van der Waals surface area contributed by atoms with Crippen LogP contribution in [0.15, 0.2) is 17.3 Å². The number of nitrogens with one attached hydrogen (secondary N) is 1. The second-order valence-electron chi connectivity index (χ2n) is 4.07. The molecule has 2 heterocycles. The normalized spacial score (nSPS) is 20.2. The minimum Gasteiger partial charge on any atom is -0.307 e. The lowest BCUT2D eigenvalue weighted by molar-refractivity contribution is 0.436. The van der Waals surface area contributed by atoms with Crippen molar-refractivity contribution in [2.45, 2.75) is 26.4 Å². The average molecular weight is 251 g/mol. The number of nitrogens with zero attached hydrogens (tertiary/aromatic N) is 4. The van der Waals surface area contributed by atoms with Crippen molar-refractivity contribution in [2.75, 3.05) is 12.8 Å². The first kappa shape index (κ1) is 12.3. The predicted octanol–water partition coefficient (Wildman–Crippen LogP) is 1.59. The third kappa shape index (κ3) is 2.42. The fraction of sp³-hybridized carbons (Fsp3) is 0.545. The molecule has 1 atom stereocenters. The molecule has 0 amide bonds. The van der Waals surface area contributed by atoms with Gasteiger partial charge in [0.15, 0.2) is 5.82 Å². The highest BCUT2D eigenvalue weighted by Crippen LogP contribution is 2.19. The molecule has 17 heavy (non-hydrogen) atoms. The Morgan fingerprint density at radius 3 is 3.00 bits per heavy atom. The zero-order valence-electron chi connectivity index (χ0n) is 10.4. The molecule has 1 N–H and O–H groups in total. The summed E-state index contributed by atoms with van der Waals surface area (Å²) in [5.74, 6) is 1.83. The van der Waals surface area contributed by atoms with Gasteiger partial charge in [-0.2, -0.15) is 0 Å². The van der Waals surface area contributed by atoms with Crippen LogP contribution < -0.4 is 5.32 Å².